The molecule has 0 unspecified atom stereocenters. The minimum Gasteiger partial charge on any atom is -0.460 e. The highest BCUT2D eigenvalue weighted by molar-refractivity contribution is 5.89. The van der Waals surface area contributed by atoms with Crippen LogP contribution in [-0.4, -0.2) is 177 Å². The number of amides is 1. The lowest BCUT2D eigenvalue weighted by atomic mass is 10.2. The van der Waals surface area contributed by atoms with Gasteiger partial charge in [0.1, 0.15) is 13.2 Å². The van der Waals surface area contributed by atoms with Crippen molar-refractivity contribution in [2.75, 3.05) is 170 Å². The van der Waals surface area contributed by atoms with E-state index in [1.807, 2.05) is 42.5 Å². The van der Waals surface area contributed by atoms with E-state index in [4.69, 9.17) is 61.6 Å². The Morgan fingerprint density at radius 3 is 1.22 bits per heavy atom. The number of unbranched alkanes of at least 4 members (excludes halogenated alkanes) is 1. The molecule has 2 rings (SSSR count). The molecule has 0 spiro atoms. The lowest BCUT2D eigenvalue weighted by molar-refractivity contribution is -0.0280. The third-order valence-electron chi connectivity index (χ3n) is 7.89. The zero-order chi connectivity index (χ0) is 42.7. The fourth-order valence-electron chi connectivity index (χ4n) is 4.71. The Labute approximate surface area is 356 Å². The molecule has 17 heteroatoms. The van der Waals surface area contributed by atoms with Gasteiger partial charge in [-0.1, -0.05) is 43.7 Å². The number of nitrogens with one attached hydrogen (secondary N) is 2. The van der Waals surface area contributed by atoms with Gasteiger partial charge in [0.15, 0.2) is 0 Å². The molecule has 60 heavy (non-hydrogen) atoms. The number of ether oxygens (including phenoxy) is 13. The molecule has 0 aromatic heterocycles. The summed E-state index contributed by atoms with van der Waals surface area (Å²) < 4.78 is 70.7. The number of hydrogen-bond acceptors (Lipinski definition) is 16. The van der Waals surface area contributed by atoms with E-state index in [2.05, 4.69) is 17.6 Å². The van der Waals surface area contributed by atoms with Crippen molar-refractivity contribution >= 4 is 17.7 Å². The highest BCUT2D eigenvalue weighted by atomic mass is 16.6. The van der Waals surface area contributed by atoms with E-state index in [1.165, 1.54) is 0 Å². The molecule has 2 aromatic rings. The number of alkyl carbamates (subject to hydrolysis) is 1. The summed E-state index contributed by atoms with van der Waals surface area (Å²) in [6, 6.07) is 16.8. The Morgan fingerprint density at radius 2 is 0.817 bits per heavy atom. The highest BCUT2D eigenvalue weighted by Gasteiger charge is 2.07. The minimum atomic E-state index is -0.474. The highest BCUT2D eigenvalue weighted by Crippen LogP contribution is 2.11. The molecule has 0 aliphatic heterocycles. The molecule has 0 saturated carbocycles. The van der Waals surface area contributed by atoms with Crippen molar-refractivity contribution in [1.29, 1.82) is 0 Å². The summed E-state index contributed by atoms with van der Waals surface area (Å²) in [5.41, 5.74) is 2.44. The van der Waals surface area contributed by atoms with E-state index < -0.39 is 6.09 Å². The van der Waals surface area contributed by atoms with E-state index >= 15 is 0 Å². The van der Waals surface area contributed by atoms with E-state index in [0.717, 1.165) is 30.6 Å². The maximum atomic E-state index is 12.1. The Morgan fingerprint density at radius 1 is 0.433 bits per heavy atom. The standard InChI is InChI=1S/C43H70N2O15/c1-2-3-13-44-41-11-9-40(10-12-41)42(46)59-37-36-58-35-34-57-33-32-56-31-30-55-29-28-54-27-26-53-25-24-52-23-22-51-21-20-50-19-18-49-17-16-48-15-14-45-43(47)60-38-39-7-5-4-6-8-39/h4-12,44H,2-3,13-38H2,1H3,(H,45,47). The van der Waals surface area contributed by atoms with Crippen molar-refractivity contribution in [1.82, 2.24) is 5.32 Å². The normalized spacial score (nSPS) is 11.2. The second kappa shape index (κ2) is 40.9. The third-order valence-corrected chi connectivity index (χ3v) is 7.89. The van der Waals surface area contributed by atoms with Gasteiger partial charge in [-0.05, 0) is 36.2 Å². The predicted octanol–water partition coefficient (Wildman–Crippen LogP) is 4.16. The smallest absolute Gasteiger partial charge is 0.407 e. The number of esters is 1. The van der Waals surface area contributed by atoms with E-state index in [9.17, 15) is 9.59 Å². The summed E-state index contributed by atoms with van der Waals surface area (Å²) in [6.45, 7) is 13.8. The van der Waals surface area contributed by atoms with Gasteiger partial charge in [0, 0.05) is 18.8 Å². The van der Waals surface area contributed by atoms with Crippen molar-refractivity contribution in [3.63, 3.8) is 0 Å². The van der Waals surface area contributed by atoms with Gasteiger partial charge in [-0.3, -0.25) is 0 Å². The molecule has 0 saturated heterocycles. The van der Waals surface area contributed by atoms with Gasteiger partial charge in [-0.25, -0.2) is 9.59 Å². The monoisotopic (exact) mass is 854 g/mol. The predicted molar refractivity (Wildman–Crippen MR) is 224 cm³/mol. The Balaban J connectivity index is 1.16. The minimum absolute atomic E-state index is 0.183. The second-order valence-corrected chi connectivity index (χ2v) is 12.7. The zero-order valence-corrected chi connectivity index (χ0v) is 35.6. The first-order valence-corrected chi connectivity index (χ1v) is 21.0. The van der Waals surface area contributed by atoms with Crippen LogP contribution in [0.5, 0.6) is 0 Å². The van der Waals surface area contributed by atoms with Crippen LogP contribution in [-0.2, 0) is 68.2 Å². The molecular weight excluding hydrogens is 784 g/mol. The quantitative estimate of drug-likeness (QED) is 0.0717. The second-order valence-electron chi connectivity index (χ2n) is 12.7. The maximum Gasteiger partial charge on any atom is 0.407 e. The molecule has 342 valence electrons. The number of anilines is 1. The topological polar surface area (TPSA) is 178 Å². The largest absolute Gasteiger partial charge is 0.460 e. The Bertz CT molecular complexity index is 1250. The molecule has 0 bridgehead atoms. The number of rotatable bonds is 43. The molecule has 2 N–H and O–H groups in total. The van der Waals surface area contributed by atoms with Crippen molar-refractivity contribution in [2.24, 2.45) is 0 Å². The van der Waals surface area contributed by atoms with Crippen LogP contribution in [0.2, 0.25) is 0 Å². The van der Waals surface area contributed by atoms with Gasteiger partial charge in [0.25, 0.3) is 0 Å². The number of carbonyl (C=O) groups excluding carboxylic acids is 2. The van der Waals surface area contributed by atoms with Crippen molar-refractivity contribution in [2.45, 2.75) is 26.4 Å². The molecule has 2 aromatic carbocycles. The van der Waals surface area contributed by atoms with Gasteiger partial charge in [-0.2, -0.15) is 0 Å². The van der Waals surface area contributed by atoms with Gasteiger partial charge in [0.05, 0.1) is 151 Å². The van der Waals surface area contributed by atoms with E-state index in [-0.39, 0.29) is 19.2 Å². The summed E-state index contributed by atoms with van der Waals surface area (Å²) in [4.78, 5) is 23.8. The molecule has 0 atom stereocenters. The van der Waals surface area contributed by atoms with Crippen LogP contribution in [0.3, 0.4) is 0 Å². The molecule has 17 nitrogen and oxygen atoms in total. The van der Waals surface area contributed by atoms with Crippen LogP contribution in [0, 0.1) is 0 Å². The van der Waals surface area contributed by atoms with Gasteiger partial charge >= 0.3 is 12.1 Å². The van der Waals surface area contributed by atoms with Crippen molar-refractivity contribution < 1.29 is 71.2 Å². The van der Waals surface area contributed by atoms with Crippen molar-refractivity contribution in [3.05, 3.63) is 65.7 Å². The molecule has 0 heterocycles. The van der Waals surface area contributed by atoms with Crippen molar-refractivity contribution in [3.8, 4) is 0 Å². The van der Waals surface area contributed by atoms with Crippen LogP contribution in [0.15, 0.2) is 54.6 Å². The van der Waals surface area contributed by atoms with Crippen LogP contribution < -0.4 is 10.6 Å². The molecule has 0 aliphatic rings. The molecule has 0 radical (unpaired) electrons. The summed E-state index contributed by atoms with van der Waals surface area (Å²) in [5.74, 6) is -0.366. The number of carbonyl (C=O) groups is 2. The van der Waals surface area contributed by atoms with Gasteiger partial charge in [0.2, 0.25) is 0 Å². The first-order valence-electron chi connectivity index (χ1n) is 21.0. The van der Waals surface area contributed by atoms with Gasteiger partial charge < -0.3 is 72.2 Å². The van der Waals surface area contributed by atoms with Crippen LogP contribution in [0.4, 0.5) is 10.5 Å². The lowest BCUT2D eigenvalue weighted by Crippen LogP contribution is -2.28. The SMILES string of the molecule is CCCCNc1ccc(C(=O)OCCOCCOCCOCCOCCOCCOCCOCCOCCOCCOCCOCCNC(=O)OCc2ccccc2)cc1. The zero-order valence-electron chi connectivity index (χ0n) is 35.6. The summed E-state index contributed by atoms with van der Waals surface area (Å²) in [6.07, 6.45) is 1.76. The first kappa shape index (κ1) is 52.7. The molecular formula is C43H70N2O15. The van der Waals surface area contributed by atoms with E-state index in [0.29, 0.717) is 157 Å². The molecule has 1 amide bonds. The summed E-state index contributed by atoms with van der Waals surface area (Å²) in [5, 5.41) is 5.96. The first-order chi connectivity index (χ1) is 29.7. The Hall–Kier alpha value is -3.46. The fourth-order valence-corrected chi connectivity index (χ4v) is 4.71. The van der Waals surface area contributed by atoms with Crippen LogP contribution in [0.25, 0.3) is 0 Å². The van der Waals surface area contributed by atoms with Crippen LogP contribution in [0.1, 0.15) is 35.7 Å². The van der Waals surface area contributed by atoms with E-state index in [1.54, 1.807) is 12.1 Å². The molecule has 0 fully saturated rings. The number of hydrogen-bond donors (Lipinski definition) is 2. The maximum absolute atomic E-state index is 12.1. The average Bonchev–Trinajstić information content (AvgIpc) is 3.27. The Kier molecular flexibility index (Phi) is 35.9. The summed E-state index contributed by atoms with van der Waals surface area (Å²) in [7, 11) is 0. The fraction of sp³-hybridized carbons (Fsp3) is 0.674. The van der Waals surface area contributed by atoms with Gasteiger partial charge in [-0.15, -0.1) is 0 Å². The lowest BCUT2D eigenvalue weighted by Gasteiger charge is -2.09. The average molecular weight is 855 g/mol. The summed E-state index contributed by atoms with van der Waals surface area (Å²) >= 11 is 0. The molecule has 0 aliphatic carbocycles. The number of benzene rings is 2. The van der Waals surface area contributed by atoms with Crippen LogP contribution >= 0.6 is 0 Å². The third kappa shape index (κ3) is 33.3.